The number of carbonyl (C=O) groups is 3. The lowest BCUT2D eigenvalue weighted by atomic mass is 9.84. The summed E-state index contributed by atoms with van der Waals surface area (Å²) in [5.74, 6) is -4.34. The molecule has 0 bridgehead atoms. The highest BCUT2D eigenvalue weighted by Crippen LogP contribution is 2.38. The van der Waals surface area contributed by atoms with Gasteiger partial charge in [0.2, 0.25) is 0 Å². The third-order valence-corrected chi connectivity index (χ3v) is 14.2. The molecule has 3 fully saturated rings. The second kappa shape index (κ2) is 27.7. The molecule has 0 saturated carbocycles. The fourth-order valence-corrected chi connectivity index (χ4v) is 10.6. The summed E-state index contributed by atoms with van der Waals surface area (Å²) in [5.41, 5.74) is 19.7. The number of carbonyl (C=O) groups excluding carboxylic acids is 3. The number of nitrogens with two attached hydrogens (primary N) is 3. The summed E-state index contributed by atoms with van der Waals surface area (Å²) in [6, 6.07) is 11.9. The van der Waals surface area contributed by atoms with Gasteiger partial charge < -0.3 is 62.1 Å². The van der Waals surface area contributed by atoms with E-state index in [-0.39, 0.29) is 70.8 Å². The average molecular weight is 998 g/mol. The minimum atomic E-state index is -1.14. The topological polar surface area (TPSA) is 346 Å². The first-order valence-corrected chi connectivity index (χ1v) is 25.4. The van der Waals surface area contributed by atoms with Crippen molar-refractivity contribution in [1.82, 2.24) is 30.7 Å². The quantitative estimate of drug-likeness (QED) is 0.0410. The van der Waals surface area contributed by atoms with Crippen LogP contribution in [-0.2, 0) is 28.6 Å². The van der Waals surface area contributed by atoms with E-state index in [4.69, 9.17) is 31.4 Å². The lowest BCUT2D eigenvalue weighted by Crippen LogP contribution is -2.39. The van der Waals surface area contributed by atoms with E-state index in [9.17, 15) is 46.0 Å². The molecule has 3 heterocycles. The van der Waals surface area contributed by atoms with E-state index in [0.717, 1.165) is 94.9 Å². The van der Waals surface area contributed by atoms with Gasteiger partial charge in [0.05, 0.1) is 22.6 Å². The average Bonchev–Trinajstić information content (AvgIpc) is 4.25. The summed E-state index contributed by atoms with van der Waals surface area (Å²) < 4.78 is 17.3. The highest BCUT2D eigenvalue weighted by atomic mass is 16.6. The maximum Gasteiger partial charge on any atom is 0.349 e. The Balaban J connectivity index is 1.32. The normalized spacial score (nSPS) is 23.6. The fourth-order valence-electron chi connectivity index (χ4n) is 10.6. The fraction of sp³-hybridized carbons (Fsp3) is 0.596. The first-order valence-electron chi connectivity index (χ1n) is 25.4. The van der Waals surface area contributed by atoms with Crippen LogP contribution in [0.15, 0.2) is 67.2 Å². The van der Waals surface area contributed by atoms with Crippen LogP contribution in [0, 0.1) is 73.9 Å². The number of nitriles is 6. The van der Waals surface area contributed by atoms with Gasteiger partial charge in [-0.25, -0.2) is 14.4 Å². The predicted molar refractivity (Wildman–Crippen MR) is 265 cm³/mol. The zero-order chi connectivity index (χ0) is 52.3. The number of hydrogen-bond donors (Lipinski definition) is 6. The van der Waals surface area contributed by atoms with Crippen molar-refractivity contribution < 1.29 is 28.6 Å². The van der Waals surface area contributed by atoms with E-state index >= 15 is 0 Å². The number of likely N-dealkylation sites (tertiary alicyclic amines) is 3. The molecule has 0 aromatic heterocycles. The molecule has 3 unspecified atom stereocenters. The van der Waals surface area contributed by atoms with Crippen molar-refractivity contribution in [2.75, 3.05) is 98.4 Å². The molecular weight excluding hydrogens is 931 g/mol. The molecule has 73 heavy (non-hydrogen) atoms. The first kappa shape index (κ1) is 55.3. The van der Waals surface area contributed by atoms with Crippen molar-refractivity contribution in [2.45, 2.75) is 95.2 Å². The second-order valence-electron chi connectivity index (χ2n) is 19.0. The molecule has 21 nitrogen and oxygen atoms in total. The van der Waals surface area contributed by atoms with Gasteiger partial charge in [-0.05, 0) is 74.5 Å². The molecule has 21 heteroatoms. The third-order valence-electron chi connectivity index (χ3n) is 14.2. The Hall–Kier alpha value is -7.05. The Morgan fingerprint density at radius 1 is 0.466 bits per heavy atom. The van der Waals surface area contributed by atoms with Crippen LogP contribution >= 0.6 is 0 Å². The van der Waals surface area contributed by atoms with E-state index < -0.39 is 60.4 Å². The van der Waals surface area contributed by atoms with Crippen LogP contribution in [0.25, 0.3) is 0 Å². The Morgan fingerprint density at radius 2 is 0.726 bits per heavy atom. The summed E-state index contributed by atoms with van der Waals surface area (Å²) in [6.45, 7) is 4.97. The maximum atomic E-state index is 14.1. The smallest absolute Gasteiger partial charge is 0.349 e. The molecule has 0 radical (unpaired) electrons. The second-order valence-corrected chi connectivity index (χ2v) is 19.0. The van der Waals surface area contributed by atoms with Crippen molar-refractivity contribution in [1.29, 1.82) is 31.6 Å². The molecule has 3 atom stereocenters. The summed E-state index contributed by atoms with van der Waals surface area (Å²) in [4.78, 5) is 48.6. The Kier molecular flexibility index (Phi) is 21.0. The minimum absolute atomic E-state index is 0.163. The van der Waals surface area contributed by atoms with E-state index in [2.05, 4.69) is 48.9 Å². The van der Waals surface area contributed by atoms with Gasteiger partial charge in [0.25, 0.3) is 0 Å². The van der Waals surface area contributed by atoms with Crippen molar-refractivity contribution >= 4 is 17.9 Å². The number of nitrogens with zero attached hydrogens (tertiary/aromatic N) is 9. The summed E-state index contributed by atoms with van der Waals surface area (Å²) in [5, 5.41) is 73.1. The van der Waals surface area contributed by atoms with Crippen LogP contribution < -0.4 is 33.2 Å². The number of allylic oxidation sites excluding steroid dienone is 3. The molecule has 3 aliphatic carbocycles. The first-order chi connectivity index (χ1) is 35.6. The summed E-state index contributed by atoms with van der Waals surface area (Å²) in [6.07, 6.45) is 7.53. The molecule has 9 N–H and O–H groups in total. The van der Waals surface area contributed by atoms with Gasteiger partial charge in [0.1, 0.15) is 73.0 Å². The van der Waals surface area contributed by atoms with Crippen molar-refractivity contribution in [2.24, 2.45) is 23.1 Å². The molecule has 3 saturated heterocycles. The third kappa shape index (κ3) is 13.7. The number of hydrogen-bond acceptors (Lipinski definition) is 21. The molecule has 0 aromatic carbocycles. The van der Waals surface area contributed by atoms with Crippen LogP contribution in [0.3, 0.4) is 0 Å². The largest absolute Gasteiger partial charge is 0.461 e. The SMILES string of the molecule is N#CC1=C(N2CCCC2)CC(NCCN)C/C1=C(/C#N)C(=O)OCC(COC(=O)/C(C#N)=C1\CC(NCCN)CC(N2CCCC2)=C1C#N)COC(=O)/C(C#N)=C1\CC(NCCN)CC(N2CCCC2)=C1C#N. The predicted octanol–water partition coefficient (Wildman–Crippen LogP) is 1.45. The van der Waals surface area contributed by atoms with Gasteiger partial charge in [0, 0.05) is 133 Å². The number of nitrogens with one attached hydrogen (secondary N) is 3. The molecule has 6 aliphatic rings. The Morgan fingerprint density at radius 3 is 0.945 bits per heavy atom. The molecule has 0 spiro atoms. The van der Waals surface area contributed by atoms with Crippen LogP contribution in [-0.4, -0.2) is 149 Å². The van der Waals surface area contributed by atoms with Crippen LogP contribution in [0.5, 0.6) is 0 Å². The monoisotopic (exact) mass is 998 g/mol. The lowest BCUT2D eigenvalue weighted by molar-refractivity contribution is -0.148. The Labute approximate surface area is 427 Å². The van der Waals surface area contributed by atoms with E-state index in [1.54, 1.807) is 0 Å². The highest BCUT2D eigenvalue weighted by molar-refractivity contribution is 5.96. The van der Waals surface area contributed by atoms with Crippen LogP contribution in [0.4, 0.5) is 0 Å². The maximum absolute atomic E-state index is 14.1. The number of ether oxygens (including phenoxy) is 3. The molecule has 0 aromatic rings. The van der Waals surface area contributed by atoms with Crippen LogP contribution in [0.1, 0.15) is 77.0 Å². The van der Waals surface area contributed by atoms with Gasteiger partial charge in [-0.15, -0.1) is 0 Å². The highest BCUT2D eigenvalue weighted by Gasteiger charge is 2.37. The molecule has 0 amide bonds. The molecule has 3 aliphatic heterocycles. The van der Waals surface area contributed by atoms with Crippen LogP contribution in [0.2, 0.25) is 0 Å². The Bertz CT molecular complexity index is 2260. The van der Waals surface area contributed by atoms with E-state index in [1.165, 1.54) is 0 Å². The van der Waals surface area contributed by atoms with Crippen molar-refractivity contribution in [3.05, 3.63) is 67.2 Å². The number of rotatable bonds is 21. The van der Waals surface area contributed by atoms with Gasteiger partial charge >= 0.3 is 17.9 Å². The molecular formula is C52H67N15O6. The lowest BCUT2D eigenvalue weighted by Gasteiger charge is -2.33. The summed E-state index contributed by atoms with van der Waals surface area (Å²) in [7, 11) is 0. The standard InChI is InChI=1S/C52H67N15O6/c53-7-10-62-35-19-38(41(25-56)47(22-35)65-13-1-2-14-65)44(28-59)50(68)71-31-34(32-72-51(69)45(29-60)39-20-36(63-11-8-54)23-48(42(39)26-57)66-15-3-4-16-66)33-73-52(70)46(30-61)40-21-37(64-12-9-55)24-49(43(40)27-58)67-17-5-6-18-67/h34-37,62-64H,1-24,31-33,53-55H2/b44-38+,45-39+,46-40+. The minimum Gasteiger partial charge on any atom is -0.461 e. The van der Waals surface area contributed by atoms with Crippen molar-refractivity contribution in [3.63, 3.8) is 0 Å². The zero-order valence-electron chi connectivity index (χ0n) is 41.6. The van der Waals surface area contributed by atoms with E-state index in [0.29, 0.717) is 58.5 Å². The van der Waals surface area contributed by atoms with Gasteiger partial charge in [0.15, 0.2) is 0 Å². The van der Waals surface area contributed by atoms with Gasteiger partial charge in [-0.3, -0.25) is 0 Å². The van der Waals surface area contributed by atoms with E-state index in [1.807, 2.05) is 18.2 Å². The van der Waals surface area contributed by atoms with Crippen molar-refractivity contribution in [3.8, 4) is 36.4 Å². The van der Waals surface area contributed by atoms with Gasteiger partial charge in [-0.2, -0.15) is 31.6 Å². The molecule has 386 valence electrons. The van der Waals surface area contributed by atoms with Gasteiger partial charge in [-0.1, -0.05) is 0 Å². The molecule has 6 rings (SSSR count). The summed E-state index contributed by atoms with van der Waals surface area (Å²) >= 11 is 0. The number of esters is 3. The zero-order valence-corrected chi connectivity index (χ0v) is 41.6.